The van der Waals surface area contributed by atoms with Crippen LogP contribution in [0.15, 0.2) is 18.2 Å². The topological polar surface area (TPSA) is 81.6 Å². The lowest BCUT2D eigenvalue weighted by atomic mass is 10.1. The molecule has 1 amide bonds. The molecule has 1 fully saturated rings. The van der Waals surface area contributed by atoms with Crippen LogP contribution in [-0.2, 0) is 0 Å². The van der Waals surface area contributed by atoms with Gasteiger partial charge in [0.15, 0.2) is 12.3 Å². The Morgan fingerprint density at radius 3 is 2.90 bits per heavy atom. The van der Waals surface area contributed by atoms with Gasteiger partial charge in [-0.25, -0.2) is 4.74 Å². The number of carbonyl (C=O) groups is 1. The molecule has 0 bridgehead atoms. The highest BCUT2D eigenvalue weighted by Crippen LogP contribution is 2.20. The molecule has 0 aliphatic carbocycles. The number of nitrogens with zero attached hydrogens (tertiary/aromatic N) is 2. The van der Waals surface area contributed by atoms with Gasteiger partial charge in [-0.2, -0.15) is 0 Å². The summed E-state index contributed by atoms with van der Waals surface area (Å²) < 4.78 is 6.10. The first-order valence-corrected chi connectivity index (χ1v) is 6.48. The van der Waals surface area contributed by atoms with Gasteiger partial charge in [-0.1, -0.05) is 6.07 Å². The van der Waals surface area contributed by atoms with Crippen molar-refractivity contribution in [2.45, 2.75) is 12.5 Å². The molecule has 1 atom stereocenters. The van der Waals surface area contributed by atoms with Gasteiger partial charge in [0.2, 0.25) is 5.91 Å². The lowest BCUT2D eigenvalue weighted by Crippen LogP contribution is -2.27. The van der Waals surface area contributed by atoms with E-state index in [4.69, 9.17) is 10.5 Å². The summed E-state index contributed by atoms with van der Waals surface area (Å²) in [5, 5.41) is 12.2. The summed E-state index contributed by atoms with van der Waals surface area (Å²) in [6.45, 7) is 1.60. The summed E-state index contributed by atoms with van der Waals surface area (Å²) in [4.78, 5) is 13.6. The van der Waals surface area contributed by atoms with E-state index in [1.54, 1.807) is 18.2 Å². The van der Waals surface area contributed by atoms with Crippen LogP contribution in [0.4, 0.5) is 0 Å². The Balaban J connectivity index is 2.38. The van der Waals surface area contributed by atoms with Crippen LogP contribution in [0.3, 0.4) is 0 Å². The van der Waals surface area contributed by atoms with Gasteiger partial charge in [-0.15, -0.1) is 0 Å². The van der Waals surface area contributed by atoms with Crippen molar-refractivity contribution in [1.29, 1.82) is 0 Å². The molecule has 2 N–H and O–H groups in total. The van der Waals surface area contributed by atoms with Gasteiger partial charge in [-0.3, -0.25) is 9.69 Å². The molecule has 1 aromatic carbocycles. The minimum absolute atomic E-state index is 0.106. The summed E-state index contributed by atoms with van der Waals surface area (Å²) in [5.74, 6) is -0.111. The van der Waals surface area contributed by atoms with Crippen molar-refractivity contribution < 1.29 is 14.3 Å². The molecule has 0 saturated carbocycles. The summed E-state index contributed by atoms with van der Waals surface area (Å²) in [7, 11) is 3.47. The Hall–Kier alpha value is -2.08. The molecule has 0 spiro atoms. The standard InChI is InChI=1S/C14H19N3O3/c1-16-7-6-10(8-16)17(19)9-12-11(14(15)18)4-3-5-13(12)20-2/h3-5,9-10H,6-8H2,1-2H3,(H2,15,18)/b17-9-. The van der Waals surface area contributed by atoms with E-state index in [0.29, 0.717) is 17.9 Å². The van der Waals surface area contributed by atoms with Gasteiger partial charge in [0.05, 0.1) is 24.8 Å². The SMILES string of the molecule is COc1cccc(C(N)=O)c1/C=[N+](\[O-])C1CCN(C)C1. The number of nitrogens with two attached hydrogens (primary N) is 1. The average molecular weight is 277 g/mol. The van der Waals surface area contributed by atoms with E-state index in [-0.39, 0.29) is 11.6 Å². The molecule has 6 heteroatoms. The summed E-state index contributed by atoms with van der Waals surface area (Å²) in [6.07, 6.45) is 2.21. The van der Waals surface area contributed by atoms with Crippen LogP contribution in [0.1, 0.15) is 22.3 Å². The van der Waals surface area contributed by atoms with Gasteiger partial charge in [-0.05, 0) is 19.2 Å². The largest absolute Gasteiger partial charge is 0.624 e. The van der Waals surface area contributed by atoms with E-state index >= 15 is 0 Å². The molecular formula is C14H19N3O3. The Labute approximate surface area is 118 Å². The zero-order valence-electron chi connectivity index (χ0n) is 11.7. The molecule has 0 aromatic heterocycles. The lowest BCUT2D eigenvalue weighted by molar-refractivity contribution is -0.491. The number of benzene rings is 1. The summed E-state index contributed by atoms with van der Waals surface area (Å²) in [6, 6.07) is 4.86. The number of methoxy groups -OCH3 is 1. The fourth-order valence-corrected chi connectivity index (χ4v) is 2.42. The highest BCUT2D eigenvalue weighted by molar-refractivity contribution is 6.02. The third-order valence-electron chi connectivity index (χ3n) is 3.53. The highest BCUT2D eigenvalue weighted by atomic mass is 16.5. The van der Waals surface area contributed by atoms with Crippen molar-refractivity contribution in [2.75, 3.05) is 27.2 Å². The van der Waals surface area contributed by atoms with Gasteiger partial charge < -0.3 is 15.7 Å². The predicted molar refractivity (Wildman–Crippen MR) is 76.2 cm³/mol. The number of likely N-dealkylation sites (tertiary alicyclic amines) is 1. The van der Waals surface area contributed by atoms with Crippen LogP contribution in [-0.4, -0.2) is 55.0 Å². The summed E-state index contributed by atoms with van der Waals surface area (Å²) in [5.41, 5.74) is 6.07. The molecule has 6 nitrogen and oxygen atoms in total. The third kappa shape index (κ3) is 2.91. The van der Waals surface area contributed by atoms with Gasteiger partial charge in [0, 0.05) is 13.0 Å². The van der Waals surface area contributed by atoms with Gasteiger partial charge >= 0.3 is 0 Å². The molecule has 1 heterocycles. The normalized spacial score (nSPS) is 20.1. The van der Waals surface area contributed by atoms with Crippen LogP contribution in [0.25, 0.3) is 0 Å². The Kier molecular flexibility index (Phi) is 4.24. The Bertz CT molecular complexity index is 542. The van der Waals surface area contributed by atoms with E-state index in [1.165, 1.54) is 13.3 Å². The fourth-order valence-electron chi connectivity index (χ4n) is 2.42. The van der Waals surface area contributed by atoms with Crippen LogP contribution in [0.2, 0.25) is 0 Å². The molecular weight excluding hydrogens is 258 g/mol. The maximum Gasteiger partial charge on any atom is 0.249 e. The van der Waals surface area contributed by atoms with E-state index in [9.17, 15) is 10.0 Å². The van der Waals surface area contributed by atoms with E-state index in [2.05, 4.69) is 4.90 Å². The number of hydrogen-bond acceptors (Lipinski definition) is 4. The van der Waals surface area contributed by atoms with Crippen molar-refractivity contribution in [2.24, 2.45) is 5.73 Å². The second-order valence-corrected chi connectivity index (χ2v) is 4.98. The van der Waals surface area contributed by atoms with Crippen molar-refractivity contribution in [1.82, 2.24) is 4.90 Å². The van der Waals surface area contributed by atoms with Gasteiger partial charge in [0.1, 0.15) is 5.75 Å². The third-order valence-corrected chi connectivity index (χ3v) is 3.53. The number of hydrogen-bond donors (Lipinski definition) is 1. The first-order valence-electron chi connectivity index (χ1n) is 6.48. The predicted octanol–water partition coefficient (Wildman–Crippen LogP) is 0.427. The Morgan fingerprint density at radius 2 is 2.35 bits per heavy atom. The van der Waals surface area contributed by atoms with Crippen molar-refractivity contribution in [3.8, 4) is 5.75 Å². The molecule has 1 saturated heterocycles. The molecule has 1 aromatic rings. The number of carbonyl (C=O) groups excluding carboxylic acids is 1. The summed E-state index contributed by atoms with van der Waals surface area (Å²) >= 11 is 0. The monoisotopic (exact) mass is 277 g/mol. The second kappa shape index (κ2) is 5.92. The van der Waals surface area contributed by atoms with Crippen LogP contribution >= 0.6 is 0 Å². The van der Waals surface area contributed by atoms with Crippen LogP contribution < -0.4 is 10.5 Å². The average Bonchev–Trinajstić information content (AvgIpc) is 2.85. The Morgan fingerprint density at radius 1 is 1.60 bits per heavy atom. The smallest absolute Gasteiger partial charge is 0.249 e. The van der Waals surface area contributed by atoms with E-state index in [0.717, 1.165) is 17.7 Å². The lowest BCUT2D eigenvalue weighted by Gasteiger charge is -2.13. The van der Waals surface area contributed by atoms with Crippen LogP contribution in [0, 0.1) is 5.21 Å². The number of amides is 1. The molecule has 20 heavy (non-hydrogen) atoms. The minimum Gasteiger partial charge on any atom is -0.624 e. The maximum atomic E-state index is 12.2. The minimum atomic E-state index is -0.577. The highest BCUT2D eigenvalue weighted by Gasteiger charge is 2.26. The first-order chi connectivity index (χ1) is 9.52. The van der Waals surface area contributed by atoms with Crippen molar-refractivity contribution >= 4 is 12.1 Å². The van der Waals surface area contributed by atoms with Crippen LogP contribution in [0.5, 0.6) is 5.75 Å². The molecule has 1 aliphatic heterocycles. The maximum absolute atomic E-state index is 12.2. The van der Waals surface area contributed by atoms with E-state index < -0.39 is 5.91 Å². The second-order valence-electron chi connectivity index (χ2n) is 4.98. The quantitative estimate of drug-likeness (QED) is 0.374. The number of hydroxylamine groups is 1. The zero-order chi connectivity index (χ0) is 14.7. The fraction of sp³-hybridized carbons (Fsp3) is 0.429. The zero-order valence-corrected chi connectivity index (χ0v) is 11.7. The number of rotatable bonds is 4. The number of primary amides is 1. The molecule has 0 radical (unpaired) electrons. The van der Waals surface area contributed by atoms with E-state index in [1.807, 2.05) is 7.05 Å². The van der Waals surface area contributed by atoms with Crippen molar-refractivity contribution in [3.63, 3.8) is 0 Å². The molecule has 2 rings (SSSR count). The molecule has 108 valence electrons. The van der Waals surface area contributed by atoms with Gasteiger partial charge in [0.25, 0.3) is 0 Å². The number of ether oxygens (including phenoxy) is 1. The molecule has 1 aliphatic rings. The number of likely N-dealkylation sites (N-methyl/N-ethyl adjacent to an activating group) is 1. The van der Waals surface area contributed by atoms with Crippen molar-refractivity contribution in [3.05, 3.63) is 34.5 Å². The molecule has 1 unspecified atom stereocenters. The first kappa shape index (κ1) is 14.3.